The van der Waals surface area contributed by atoms with Crippen LogP contribution in [0.3, 0.4) is 0 Å². The monoisotopic (exact) mass is 846 g/mol. The van der Waals surface area contributed by atoms with E-state index in [-0.39, 0.29) is 0 Å². The summed E-state index contributed by atoms with van der Waals surface area (Å²) in [5, 5.41) is 6.62. The standard InChI is InChI=1S/C55H42N8O2/c1-33(2)35-21-23-57-53(25-35)61-47-11-7-5-9-41(47)43-17-13-37(27-49(43)61)64-39-15-19-45-46-20-16-40(30-52(46)63(51(45)29-39)55-59-31-56-32-60-55)65-38-14-18-44-42-10-6-8-12-48(42)62(50(44)28-38)54-26-36(34(3)4)22-24-58-54/h5-34H,1-4H3. The van der Waals surface area contributed by atoms with Crippen LogP contribution in [0, 0.1) is 0 Å². The molecule has 6 aromatic heterocycles. The van der Waals surface area contributed by atoms with Crippen LogP contribution in [0.5, 0.6) is 23.0 Å². The molecule has 12 aromatic rings. The molecule has 0 radical (unpaired) electrons. The molecule has 0 saturated carbocycles. The molecule has 6 aromatic carbocycles. The van der Waals surface area contributed by atoms with Crippen molar-refractivity contribution in [3.8, 4) is 40.6 Å². The van der Waals surface area contributed by atoms with E-state index in [0.717, 1.165) is 77.1 Å². The third-order valence-electron chi connectivity index (χ3n) is 12.5. The molecule has 314 valence electrons. The number of pyridine rings is 2. The zero-order chi connectivity index (χ0) is 43.8. The van der Waals surface area contributed by atoms with E-state index in [9.17, 15) is 0 Å². The molecule has 0 N–H and O–H groups in total. The Hall–Kier alpha value is -8.37. The van der Waals surface area contributed by atoms with E-state index < -0.39 is 0 Å². The van der Waals surface area contributed by atoms with Gasteiger partial charge >= 0.3 is 0 Å². The number of hydrogen-bond acceptors (Lipinski definition) is 7. The smallest absolute Gasteiger partial charge is 0.237 e. The Morgan fingerprint density at radius 1 is 0.369 bits per heavy atom. The lowest BCUT2D eigenvalue weighted by atomic mass is 10.1. The minimum absolute atomic E-state index is 0.373. The third-order valence-corrected chi connectivity index (χ3v) is 12.5. The normalized spacial score (nSPS) is 12.0. The van der Waals surface area contributed by atoms with Gasteiger partial charge in [-0.15, -0.1) is 0 Å². The Bertz CT molecular complexity index is 3580. The molecule has 0 fully saturated rings. The summed E-state index contributed by atoms with van der Waals surface area (Å²) in [4.78, 5) is 23.0. The fourth-order valence-corrected chi connectivity index (χ4v) is 9.29. The van der Waals surface area contributed by atoms with Crippen LogP contribution in [-0.4, -0.2) is 38.6 Å². The summed E-state index contributed by atoms with van der Waals surface area (Å²) in [6.45, 7) is 8.81. The van der Waals surface area contributed by atoms with Gasteiger partial charge in [-0.05, 0) is 108 Å². The number of hydrogen-bond donors (Lipinski definition) is 0. The number of benzene rings is 6. The van der Waals surface area contributed by atoms with E-state index in [1.165, 1.54) is 23.8 Å². The van der Waals surface area contributed by atoms with E-state index >= 15 is 0 Å². The number of aromatic nitrogens is 8. The van der Waals surface area contributed by atoms with Crippen LogP contribution >= 0.6 is 0 Å². The third kappa shape index (κ3) is 6.44. The molecule has 0 spiro atoms. The molecular weight excluding hydrogens is 805 g/mol. The first kappa shape index (κ1) is 38.3. The van der Waals surface area contributed by atoms with Crippen molar-refractivity contribution >= 4 is 65.4 Å². The van der Waals surface area contributed by atoms with Gasteiger partial charge in [-0.25, -0.2) is 24.9 Å². The highest BCUT2D eigenvalue weighted by atomic mass is 16.5. The Morgan fingerprint density at radius 3 is 1.14 bits per heavy atom. The highest BCUT2D eigenvalue weighted by molar-refractivity contribution is 6.11. The van der Waals surface area contributed by atoms with Crippen LogP contribution in [0.15, 0.2) is 171 Å². The maximum Gasteiger partial charge on any atom is 0.237 e. The van der Waals surface area contributed by atoms with Crippen molar-refractivity contribution in [2.45, 2.75) is 39.5 Å². The molecule has 0 atom stereocenters. The molecule has 10 nitrogen and oxygen atoms in total. The first-order valence-corrected chi connectivity index (χ1v) is 21.9. The molecular formula is C55H42N8O2. The summed E-state index contributed by atoms with van der Waals surface area (Å²) in [5.74, 6) is 5.74. The van der Waals surface area contributed by atoms with Crippen LogP contribution < -0.4 is 9.47 Å². The quantitative estimate of drug-likeness (QED) is 0.143. The van der Waals surface area contributed by atoms with Crippen LogP contribution in [-0.2, 0) is 0 Å². The second-order valence-corrected chi connectivity index (χ2v) is 17.1. The molecule has 10 heteroatoms. The van der Waals surface area contributed by atoms with Gasteiger partial charge < -0.3 is 9.47 Å². The number of fused-ring (bicyclic) bond motifs is 9. The Balaban J connectivity index is 0.943. The first-order valence-electron chi connectivity index (χ1n) is 21.9. The molecule has 0 aliphatic rings. The van der Waals surface area contributed by atoms with E-state index in [4.69, 9.17) is 19.4 Å². The van der Waals surface area contributed by atoms with Crippen molar-refractivity contribution in [3.63, 3.8) is 0 Å². The molecule has 0 amide bonds. The molecule has 0 aliphatic heterocycles. The molecule has 65 heavy (non-hydrogen) atoms. The van der Waals surface area contributed by atoms with Gasteiger partial charge in [0.05, 0.1) is 33.1 Å². The first-order chi connectivity index (χ1) is 31.9. The van der Waals surface area contributed by atoms with Crippen molar-refractivity contribution in [1.82, 2.24) is 38.6 Å². The summed E-state index contributed by atoms with van der Waals surface area (Å²) >= 11 is 0. The highest BCUT2D eigenvalue weighted by Gasteiger charge is 2.20. The maximum atomic E-state index is 6.72. The number of nitrogens with zero attached hydrogens (tertiary/aromatic N) is 8. The lowest BCUT2D eigenvalue weighted by Crippen LogP contribution is -2.01. The summed E-state index contributed by atoms with van der Waals surface area (Å²) in [6.07, 6.45) is 6.82. The number of ether oxygens (including phenoxy) is 2. The largest absolute Gasteiger partial charge is 0.457 e. The predicted molar refractivity (Wildman–Crippen MR) is 260 cm³/mol. The van der Waals surface area contributed by atoms with Gasteiger partial charge in [0.2, 0.25) is 5.95 Å². The Kier molecular flexibility index (Phi) is 8.94. The van der Waals surface area contributed by atoms with Crippen LogP contribution in [0.25, 0.3) is 83.0 Å². The van der Waals surface area contributed by atoms with Gasteiger partial charge in [-0.2, -0.15) is 0 Å². The van der Waals surface area contributed by atoms with E-state index in [0.29, 0.717) is 40.8 Å². The second-order valence-electron chi connectivity index (χ2n) is 17.1. The molecule has 0 saturated heterocycles. The van der Waals surface area contributed by atoms with Gasteiger partial charge in [0, 0.05) is 69.0 Å². The van der Waals surface area contributed by atoms with Gasteiger partial charge in [0.15, 0.2) is 0 Å². The van der Waals surface area contributed by atoms with Crippen molar-refractivity contribution in [3.05, 3.63) is 182 Å². The van der Waals surface area contributed by atoms with Crippen molar-refractivity contribution in [1.29, 1.82) is 0 Å². The van der Waals surface area contributed by atoms with Crippen molar-refractivity contribution in [2.75, 3.05) is 0 Å². The minimum atomic E-state index is 0.373. The van der Waals surface area contributed by atoms with Crippen LogP contribution in [0.1, 0.15) is 50.7 Å². The molecule has 12 rings (SSSR count). The fraction of sp³-hybridized carbons (Fsp3) is 0.109. The molecule has 0 unspecified atom stereocenters. The summed E-state index contributed by atoms with van der Waals surface area (Å²) in [5.41, 5.74) is 8.44. The zero-order valence-electron chi connectivity index (χ0n) is 36.2. The van der Waals surface area contributed by atoms with E-state index in [1.54, 1.807) is 0 Å². The summed E-state index contributed by atoms with van der Waals surface area (Å²) in [7, 11) is 0. The summed E-state index contributed by atoms with van der Waals surface area (Å²) < 4.78 is 19.9. The summed E-state index contributed by atoms with van der Waals surface area (Å²) in [6, 6.07) is 50.3. The van der Waals surface area contributed by atoms with Gasteiger partial charge in [0.25, 0.3) is 0 Å². The number of para-hydroxylation sites is 2. The van der Waals surface area contributed by atoms with Gasteiger partial charge in [-0.3, -0.25) is 13.7 Å². The van der Waals surface area contributed by atoms with Gasteiger partial charge in [0.1, 0.15) is 47.3 Å². The average molecular weight is 847 g/mol. The average Bonchev–Trinajstić information content (AvgIpc) is 3.96. The maximum absolute atomic E-state index is 6.72. The lowest BCUT2D eigenvalue weighted by molar-refractivity contribution is 0.484. The van der Waals surface area contributed by atoms with E-state index in [1.807, 2.05) is 53.4 Å². The zero-order valence-corrected chi connectivity index (χ0v) is 36.2. The molecule has 0 aliphatic carbocycles. The fourth-order valence-electron chi connectivity index (χ4n) is 9.29. The van der Waals surface area contributed by atoms with Crippen LogP contribution in [0.4, 0.5) is 0 Å². The Morgan fingerprint density at radius 2 is 0.738 bits per heavy atom. The topological polar surface area (TPSA) is 97.7 Å². The van der Waals surface area contributed by atoms with Crippen molar-refractivity contribution in [2.24, 2.45) is 0 Å². The highest BCUT2D eigenvalue weighted by Crippen LogP contribution is 2.40. The SMILES string of the molecule is CC(C)c1ccnc(-n2c3ccccc3c3ccc(Oc4ccc5c6ccc(Oc7ccc8c9ccccc9n(-c9cc(C(C)C)ccn9)c8c7)cc6n(-c6ncncn6)c5c4)cc32)c1. The second kappa shape index (κ2) is 15.2. The lowest BCUT2D eigenvalue weighted by Gasteiger charge is -2.12. The minimum Gasteiger partial charge on any atom is -0.457 e. The molecule has 6 heterocycles. The molecule has 0 bridgehead atoms. The predicted octanol–water partition coefficient (Wildman–Crippen LogP) is 13.8. The van der Waals surface area contributed by atoms with Crippen LogP contribution in [0.2, 0.25) is 0 Å². The Labute approximate surface area is 374 Å². The number of rotatable bonds is 9. The van der Waals surface area contributed by atoms with Crippen molar-refractivity contribution < 1.29 is 9.47 Å². The van der Waals surface area contributed by atoms with Gasteiger partial charge in [-0.1, -0.05) is 64.1 Å². The van der Waals surface area contributed by atoms with E-state index in [2.05, 4.69) is 161 Å².